The quantitative estimate of drug-likeness (QED) is 0.0410. The average molecular weight is 1060 g/mol. The first kappa shape index (κ1) is 60.0. The van der Waals surface area contributed by atoms with Crippen LogP contribution in [-0.4, -0.2) is 81.2 Å². The highest BCUT2D eigenvalue weighted by molar-refractivity contribution is 5.67. The van der Waals surface area contributed by atoms with Gasteiger partial charge in [-0.15, -0.1) is 0 Å². The van der Waals surface area contributed by atoms with Gasteiger partial charge in [-0.2, -0.15) is 0 Å². The molecule has 16 atom stereocenters. The summed E-state index contributed by atoms with van der Waals surface area (Å²) in [5, 5.41) is 6.28. The van der Waals surface area contributed by atoms with Gasteiger partial charge in [-0.25, -0.2) is 9.59 Å². The van der Waals surface area contributed by atoms with E-state index in [2.05, 4.69) is 92.0 Å². The first-order valence-corrected chi connectivity index (χ1v) is 32.8. The molecule has 0 aromatic carbocycles. The molecule has 0 aromatic heterocycles. The summed E-state index contributed by atoms with van der Waals surface area (Å²) in [6, 6.07) is 0. The molecule has 2 amide bonds. The van der Waals surface area contributed by atoms with Crippen LogP contribution in [0.4, 0.5) is 9.59 Å². The highest BCUT2D eigenvalue weighted by Crippen LogP contribution is 2.69. The second-order valence-electron chi connectivity index (χ2n) is 29.8. The van der Waals surface area contributed by atoms with Crippen molar-refractivity contribution in [1.82, 2.24) is 10.6 Å². The van der Waals surface area contributed by atoms with Gasteiger partial charge in [0.1, 0.15) is 12.2 Å². The summed E-state index contributed by atoms with van der Waals surface area (Å²) in [5.41, 5.74) is 17.0. The van der Waals surface area contributed by atoms with Gasteiger partial charge in [0, 0.05) is 51.7 Å². The first-order valence-electron chi connectivity index (χ1n) is 32.8. The summed E-state index contributed by atoms with van der Waals surface area (Å²) in [4.78, 5) is 26.7. The third-order valence-electron chi connectivity index (χ3n) is 24.7. The van der Waals surface area contributed by atoms with Gasteiger partial charge in [0.15, 0.2) is 0 Å². The van der Waals surface area contributed by atoms with E-state index in [0.717, 1.165) is 159 Å². The normalized spacial score (nSPS) is 38.2. The van der Waals surface area contributed by atoms with Crippen molar-refractivity contribution in [1.29, 1.82) is 0 Å². The Morgan fingerprint density at radius 3 is 1.38 bits per heavy atom. The van der Waals surface area contributed by atoms with Gasteiger partial charge in [-0.1, -0.05) is 131 Å². The summed E-state index contributed by atoms with van der Waals surface area (Å²) in [6.45, 7) is 31.1. The minimum Gasteiger partial charge on any atom is -0.446 e. The Bertz CT molecular complexity index is 1840. The van der Waals surface area contributed by atoms with E-state index in [4.69, 9.17) is 20.9 Å². The number of carbonyl (C=O) groups excluding carboxylic acids is 2. The summed E-state index contributed by atoms with van der Waals surface area (Å²) in [7, 11) is 0. The molecule has 6 fully saturated rings. The van der Waals surface area contributed by atoms with Crippen molar-refractivity contribution in [3.63, 3.8) is 0 Å². The molecule has 0 heterocycles. The fraction of sp³-hybridized carbons (Fsp3) is 0.910. The smallest absolute Gasteiger partial charge is 0.407 e. The fourth-order valence-corrected chi connectivity index (χ4v) is 20.5. The third kappa shape index (κ3) is 13.0. The lowest BCUT2D eigenvalue weighted by molar-refractivity contribution is -0.927. The van der Waals surface area contributed by atoms with Gasteiger partial charge in [0.05, 0.1) is 26.2 Å². The Morgan fingerprint density at radius 2 is 0.974 bits per heavy atom. The van der Waals surface area contributed by atoms with E-state index in [1.807, 2.05) is 0 Å². The van der Waals surface area contributed by atoms with Crippen molar-refractivity contribution >= 4 is 12.2 Å². The molecule has 9 nitrogen and oxygen atoms in total. The van der Waals surface area contributed by atoms with Gasteiger partial charge in [0.2, 0.25) is 0 Å². The molecule has 0 bridgehead atoms. The number of allylic oxidation sites excluding steroid dienone is 2. The Morgan fingerprint density at radius 1 is 0.539 bits per heavy atom. The van der Waals surface area contributed by atoms with Crippen molar-refractivity contribution in [2.75, 3.05) is 52.4 Å². The highest BCUT2D eigenvalue weighted by Gasteiger charge is 2.61. The minimum atomic E-state index is -0.277. The molecule has 0 aromatic rings. The van der Waals surface area contributed by atoms with Crippen molar-refractivity contribution in [2.45, 2.75) is 242 Å². The van der Waals surface area contributed by atoms with Gasteiger partial charge in [-0.3, -0.25) is 0 Å². The Hall–Kier alpha value is -2.10. The molecule has 0 saturated heterocycles. The number of hydrogen-bond donors (Lipinski definition) is 4. The predicted octanol–water partition coefficient (Wildman–Crippen LogP) is 15.2. The number of quaternary nitrogens is 1. The van der Waals surface area contributed by atoms with Crippen LogP contribution in [0.2, 0.25) is 0 Å². The number of alkyl carbamates (subject to hydrolysis) is 2. The highest BCUT2D eigenvalue weighted by atomic mass is 16.6. The van der Waals surface area contributed by atoms with Gasteiger partial charge in [-0.05, 0) is 189 Å². The number of hydrogen-bond acceptors (Lipinski definition) is 6. The fourth-order valence-electron chi connectivity index (χ4n) is 20.5. The molecule has 0 aliphatic heterocycles. The number of carbonyl (C=O) groups is 2. The summed E-state index contributed by atoms with van der Waals surface area (Å²) >= 11 is 0. The molecular formula is C67H118N5O4+. The van der Waals surface area contributed by atoms with E-state index >= 15 is 0 Å². The molecular weight excluding hydrogens is 939 g/mol. The number of nitrogens with two attached hydrogens (primary N) is 2. The second kappa shape index (κ2) is 25.8. The minimum absolute atomic E-state index is 0.0506. The van der Waals surface area contributed by atoms with Gasteiger partial charge >= 0.3 is 12.2 Å². The number of fused-ring (bicyclic) bond motifs is 10. The van der Waals surface area contributed by atoms with Crippen molar-refractivity contribution in [3.05, 3.63) is 23.3 Å². The zero-order valence-corrected chi connectivity index (χ0v) is 50.8. The van der Waals surface area contributed by atoms with Crippen molar-refractivity contribution < 1.29 is 23.5 Å². The van der Waals surface area contributed by atoms with Crippen LogP contribution in [-0.2, 0) is 9.47 Å². The van der Waals surface area contributed by atoms with Crippen LogP contribution in [0.3, 0.4) is 0 Å². The lowest BCUT2D eigenvalue weighted by Crippen LogP contribution is -2.54. The van der Waals surface area contributed by atoms with E-state index in [1.165, 1.54) is 103 Å². The summed E-state index contributed by atoms with van der Waals surface area (Å²) < 4.78 is 13.2. The van der Waals surface area contributed by atoms with E-state index in [9.17, 15) is 9.59 Å². The lowest BCUT2D eigenvalue weighted by atomic mass is 9.47. The zero-order valence-electron chi connectivity index (χ0n) is 50.8. The zero-order chi connectivity index (χ0) is 54.5. The van der Waals surface area contributed by atoms with E-state index < -0.39 is 0 Å². The van der Waals surface area contributed by atoms with Crippen LogP contribution in [0.15, 0.2) is 23.3 Å². The van der Waals surface area contributed by atoms with Crippen LogP contribution in [0, 0.1) is 92.7 Å². The molecule has 0 radical (unpaired) electrons. The summed E-state index contributed by atoms with van der Waals surface area (Å²) in [5.74, 6) is 9.91. The number of nitrogens with one attached hydrogen (secondary N) is 2. The number of ether oxygens (including phenoxy) is 2. The van der Waals surface area contributed by atoms with Crippen LogP contribution >= 0.6 is 0 Å². The number of nitrogens with zero attached hydrogens (tertiary/aromatic N) is 1. The van der Waals surface area contributed by atoms with Crippen LogP contribution < -0.4 is 22.1 Å². The van der Waals surface area contributed by atoms with Crippen LogP contribution in [0.5, 0.6) is 0 Å². The monoisotopic (exact) mass is 1060 g/mol. The molecule has 76 heavy (non-hydrogen) atoms. The molecule has 6 N–H and O–H groups in total. The SMILES string of the molecule is CC(C)CCCC(C)C1CCC2C3CC=C4CC(OC(=O)NCCC[N+](CCN)(CCCN)CCCNC(=O)OC5CCC6(C)C(=CCC7C6CCC6(C)C(C(C)CCCC(C)C)CCC76)C5)CCC4(C)C3CCC12C. The van der Waals surface area contributed by atoms with Crippen LogP contribution in [0.25, 0.3) is 0 Å². The van der Waals surface area contributed by atoms with E-state index in [-0.39, 0.29) is 35.2 Å². The second-order valence-corrected chi connectivity index (χ2v) is 29.8. The number of rotatable bonds is 25. The van der Waals surface area contributed by atoms with E-state index in [0.29, 0.717) is 37.0 Å². The third-order valence-corrected chi connectivity index (χ3v) is 24.7. The Balaban J connectivity index is 0.750. The molecule has 434 valence electrons. The molecule has 6 saturated carbocycles. The predicted molar refractivity (Wildman–Crippen MR) is 314 cm³/mol. The maximum absolute atomic E-state index is 13.4. The van der Waals surface area contributed by atoms with Crippen molar-refractivity contribution in [2.24, 2.45) is 104 Å². The summed E-state index contributed by atoms with van der Waals surface area (Å²) in [6.07, 6.45) is 35.1. The Labute approximate surface area is 466 Å². The first-order chi connectivity index (χ1) is 36.3. The molecule has 0 spiro atoms. The lowest BCUT2D eigenvalue weighted by Gasteiger charge is -2.58. The van der Waals surface area contributed by atoms with Crippen molar-refractivity contribution in [3.8, 4) is 0 Å². The topological polar surface area (TPSA) is 129 Å². The maximum Gasteiger partial charge on any atom is 0.407 e. The van der Waals surface area contributed by atoms with Crippen LogP contribution in [0.1, 0.15) is 230 Å². The standard InChI is InChI=1S/C67H117N5O4/c1-46(2)16-11-18-48(5)56-24-26-58-54-22-20-50-44-52(28-32-64(50,7)60(54)30-34-66(56,58)9)75-62(73)70-38-14-41-72(43-37-69,40-13-36-68)42-15-39-71-63(74)76-53-29-33-65(8)51(45-53)21-23-55-59-27-25-57(49(6)19-12-17-47(3)4)67(59,10)35-31-61(55)65/h20-21,46-49,52-61H,11-19,22-45,68-69H2,1-10H3,(H-,70,71,73,74)/p+1. The largest absolute Gasteiger partial charge is 0.446 e. The van der Waals surface area contributed by atoms with Gasteiger partial charge in [0.25, 0.3) is 0 Å². The molecule has 8 rings (SSSR count). The van der Waals surface area contributed by atoms with Gasteiger partial charge < -0.3 is 36.1 Å². The maximum atomic E-state index is 13.4. The Kier molecular flexibility index (Phi) is 20.4. The molecule has 8 aliphatic carbocycles. The number of amides is 2. The molecule has 16 unspecified atom stereocenters. The van der Waals surface area contributed by atoms with E-state index in [1.54, 1.807) is 11.1 Å². The molecule has 8 aliphatic rings. The average Bonchev–Trinajstić information content (AvgIpc) is 3.93. The molecule has 9 heteroatoms.